The topological polar surface area (TPSA) is 54.9 Å². The van der Waals surface area contributed by atoms with Crippen LogP contribution in [0.1, 0.15) is 10.4 Å². The summed E-state index contributed by atoms with van der Waals surface area (Å²) in [7, 11) is 0. The fraction of sp³-hybridized carbons (Fsp3) is 0. The lowest BCUT2D eigenvalue weighted by Crippen LogP contribution is -1.93. The molecule has 29 heavy (non-hydrogen) atoms. The number of benzene rings is 3. The highest BCUT2D eigenvalue weighted by Gasteiger charge is 2.10. The highest BCUT2D eigenvalue weighted by atomic mass is 32.1. The van der Waals surface area contributed by atoms with Crippen LogP contribution in [0.4, 0.5) is 15.8 Å². The molecule has 0 bridgehead atoms. The van der Waals surface area contributed by atoms with Crippen molar-refractivity contribution in [3.8, 4) is 11.1 Å². The molecule has 2 aromatic heterocycles. The Morgan fingerprint density at radius 3 is 2.72 bits per heavy atom. The van der Waals surface area contributed by atoms with Crippen molar-refractivity contribution in [2.75, 3.05) is 5.32 Å². The summed E-state index contributed by atoms with van der Waals surface area (Å²) in [5.41, 5.74) is 6.85. The molecule has 0 aliphatic heterocycles. The predicted molar refractivity (Wildman–Crippen MR) is 115 cm³/mol. The number of halogens is 1. The molecule has 3 aromatic carbocycles. The molecule has 0 aliphatic rings. The van der Waals surface area contributed by atoms with Gasteiger partial charge in [-0.3, -0.25) is 9.78 Å². The van der Waals surface area contributed by atoms with Gasteiger partial charge in [-0.2, -0.15) is 0 Å². The summed E-state index contributed by atoms with van der Waals surface area (Å²) in [5.74, 6) is -0.431. The zero-order chi connectivity index (χ0) is 19.8. The number of rotatable bonds is 4. The van der Waals surface area contributed by atoms with Crippen molar-refractivity contribution in [1.29, 1.82) is 0 Å². The van der Waals surface area contributed by atoms with Gasteiger partial charge in [0.05, 0.1) is 21.2 Å². The van der Waals surface area contributed by atoms with Gasteiger partial charge in [-0.1, -0.05) is 24.3 Å². The highest BCUT2D eigenvalue weighted by Crippen LogP contribution is 2.31. The Bertz CT molecular complexity index is 1380. The second-order valence-corrected chi connectivity index (χ2v) is 7.49. The molecule has 0 amide bonds. The monoisotopic (exact) mass is 399 g/mol. The molecule has 140 valence electrons. The molecule has 5 aromatic rings. The lowest BCUT2D eigenvalue weighted by molar-refractivity contribution is 0.112. The summed E-state index contributed by atoms with van der Waals surface area (Å²) in [6.45, 7) is 0. The Kier molecular flexibility index (Phi) is 4.26. The van der Waals surface area contributed by atoms with E-state index in [2.05, 4.69) is 15.3 Å². The van der Waals surface area contributed by atoms with Crippen molar-refractivity contribution in [2.45, 2.75) is 0 Å². The summed E-state index contributed by atoms with van der Waals surface area (Å²) in [6.07, 6.45) is 2.36. The minimum Gasteiger partial charge on any atom is -0.355 e. The molecule has 0 radical (unpaired) electrons. The van der Waals surface area contributed by atoms with E-state index in [1.807, 2.05) is 48.0 Å². The number of anilines is 2. The number of aldehydes is 1. The molecule has 0 fully saturated rings. The molecule has 0 spiro atoms. The molecule has 0 saturated heterocycles. The van der Waals surface area contributed by atoms with Crippen molar-refractivity contribution in [3.05, 3.63) is 83.8 Å². The van der Waals surface area contributed by atoms with Crippen LogP contribution in [0.5, 0.6) is 0 Å². The van der Waals surface area contributed by atoms with E-state index in [0.717, 1.165) is 32.5 Å². The van der Waals surface area contributed by atoms with Crippen molar-refractivity contribution < 1.29 is 9.18 Å². The predicted octanol–water partition coefficient (Wildman–Crippen LogP) is 6.21. The molecule has 1 N–H and O–H groups in total. The van der Waals surface area contributed by atoms with Gasteiger partial charge in [0.2, 0.25) is 0 Å². The Morgan fingerprint density at radius 2 is 1.86 bits per heavy atom. The first-order valence-electron chi connectivity index (χ1n) is 8.95. The Labute approximate surface area is 169 Å². The van der Waals surface area contributed by atoms with Crippen LogP contribution in [0.25, 0.3) is 32.2 Å². The number of hydrogen-bond acceptors (Lipinski definition) is 5. The summed E-state index contributed by atoms with van der Waals surface area (Å²) in [4.78, 5) is 19.6. The molecule has 0 unspecified atom stereocenters. The van der Waals surface area contributed by atoms with Crippen molar-refractivity contribution in [3.63, 3.8) is 0 Å². The van der Waals surface area contributed by atoms with Gasteiger partial charge in [-0.15, -0.1) is 11.3 Å². The van der Waals surface area contributed by atoms with E-state index >= 15 is 0 Å². The maximum Gasteiger partial charge on any atom is 0.150 e. The summed E-state index contributed by atoms with van der Waals surface area (Å²) < 4.78 is 15.5. The number of pyridine rings is 1. The third-order valence-electron chi connectivity index (χ3n) is 4.79. The van der Waals surface area contributed by atoms with E-state index in [1.54, 1.807) is 29.7 Å². The number of nitrogens with zero attached hydrogens (tertiary/aromatic N) is 2. The van der Waals surface area contributed by atoms with Gasteiger partial charge in [0.1, 0.15) is 12.1 Å². The van der Waals surface area contributed by atoms with Crippen molar-refractivity contribution in [1.82, 2.24) is 9.97 Å². The van der Waals surface area contributed by atoms with Crippen LogP contribution >= 0.6 is 11.3 Å². The van der Waals surface area contributed by atoms with E-state index in [4.69, 9.17) is 0 Å². The number of nitrogens with one attached hydrogen (secondary N) is 1. The van der Waals surface area contributed by atoms with Crippen LogP contribution in [0, 0.1) is 5.82 Å². The normalized spacial score (nSPS) is 11.1. The van der Waals surface area contributed by atoms with Crippen molar-refractivity contribution >= 4 is 50.1 Å². The lowest BCUT2D eigenvalue weighted by Gasteiger charge is -2.11. The lowest BCUT2D eigenvalue weighted by atomic mass is 10.0. The number of thiazole rings is 1. The molecule has 0 aliphatic carbocycles. The van der Waals surface area contributed by atoms with E-state index in [1.165, 1.54) is 6.07 Å². The smallest absolute Gasteiger partial charge is 0.150 e. The molecular weight excluding hydrogens is 385 g/mol. The van der Waals surface area contributed by atoms with E-state index in [9.17, 15) is 9.18 Å². The van der Waals surface area contributed by atoms with E-state index < -0.39 is 5.82 Å². The average molecular weight is 399 g/mol. The van der Waals surface area contributed by atoms with Crippen LogP contribution in [-0.2, 0) is 0 Å². The average Bonchev–Trinajstić information content (AvgIpc) is 3.21. The maximum atomic E-state index is 14.4. The van der Waals surface area contributed by atoms with Crippen molar-refractivity contribution in [2.24, 2.45) is 0 Å². The van der Waals surface area contributed by atoms with Gasteiger partial charge in [0.15, 0.2) is 0 Å². The largest absolute Gasteiger partial charge is 0.355 e. The second-order valence-electron chi connectivity index (χ2n) is 6.61. The van der Waals surface area contributed by atoms with Crippen LogP contribution < -0.4 is 5.32 Å². The fourth-order valence-corrected chi connectivity index (χ4v) is 4.01. The minimum atomic E-state index is -0.431. The zero-order valence-electron chi connectivity index (χ0n) is 15.1. The number of aromatic nitrogens is 2. The SMILES string of the molecule is O=Cc1ccc(-c2ccc3c(Nc4ccc5scnc5c4)ccnc3c2)c(F)c1. The highest BCUT2D eigenvalue weighted by molar-refractivity contribution is 7.16. The number of hydrogen-bond donors (Lipinski definition) is 1. The Morgan fingerprint density at radius 1 is 0.931 bits per heavy atom. The second kappa shape index (κ2) is 7.07. The standard InChI is InChI=1S/C23H14FN3OS/c24-19-9-14(12-28)1-4-17(19)15-2-5-18-20(7-8-25-21(18)10-15)27-16-3-6-23-22(11-16)26-13-29-23/h1-13H,(H,25,27). The fourth-order valence-electron chi connectivity index (χ4n) is 3.35. The molecule has 6 heteroatoms. The zero-order valence-corrected chi connectivity index (χ0v) is 15.9. The van der Waals surface area contributed by atoms with Gasteiger partial charge in [-0.05, 0) is 42.0 Å². The first-order chi connectivity index (χ1) is 14.2. The van der Waals surface area contributed by atoms with E-state index in [0.29, 0.717) is 23.0 Å². The van der Waals surface area contributed by atoms with Crippen LogP contribution in [0.2, 0.25) is 0 Å². The molecule has 0 saturated carbocycles. The van der Waals surface area contributed by atoms with Gasteiger partial charge in [-0.25, -0.2) is 9.37 Å². The van der Waals surface area contributed by atoms with Gasteiger partial charge in [0, 0.05) is 34.1 Å². The summed E-state index contributed by atoms with van der Waals surface area (Å²) in [5, 5.41) is 4.36. The first-order valence-corrected chi connectivity index (χ1v) is 9.83. The maximum absolute atomic E-state index is 14.4. The van der Waals surface area contributed by atoms with Gasteiger partial charge >= 0.3 is 0 Å². The van der Waals surface area contributed by atoms with Crippen LogP contribution in [0.3, 0.4) is 0 Å². The molecule has 5 rings (SSSR count). The number of carbonyl (C=O) groups excluding carboxylic acids is 1. The van der Waals surface area contributed by atoms with E-state index in [-0.39, 0.29) is 0 Å². The number of carbonyl (C=O) groups is 1. The van der Waals surface area contributed by atoms with Gasteiger partial charge < -0.3 is 5.32 Å². The first kappa shape index (κ1) is 17.5. The quantitative estimate of drug-likeness (QED) is 0.365. The third kappa shape index (κ3) is 3.23. The van der Waals surface area contributed by atoms with Crippen LogP contribution in [-0.4, -0.2) is 16.3 Å². The van der Waals surface area contributed by atoms with Gasteiger partial charge in [0.25, 0.3) is 0 Å². The third-order valence-corrected chi connectivity index (χ3v) is 5.60. The summed E-state index contributed by atoms with van der Waals surface area (Å²) >= 11 is 1.61. The summed E-state index contributed by atoms with van der Waals surface area (Å²) in [6, 6.07) is 18.1. The minimum absolute atomic E-state index is 0.314. The van der Waals surface area contributed by atoms with Crippen LogP contribution in [0.15, 0.2) is 72.4 Å². The molecular formula is C23H14FN3OS. The number of fused-ring (bicyclic) bond motifs is 2. The Balaban J connectivity index is 1.54. The molecule has 0 atom stereocenters. The molecule has 4 nitrogen and oxygen atoms in total. The Hall–Kier alpha value is -3.64. The molecule has 2 heterocycles.